The fourth-order valence-corrected chi connectivity index (χ4v) is 1.60. The van der Waals surface area contributed by atoms with E-state index in [1.54, 1.807) is 6.07 Å². The van der Waals surface area contributed by atoms with Gasteiger partial charge < -0.3 is 4.42 Å². The Morgan fingerprint density at radius 2 is 1.81 bits per heavy atom. The number of rotatable bonds is 4. The normalized spacial score (nSPS) is 10.3. The van der Waals surface area contributed by atoms with Crippen molar-refractivity contribution in [2.45, 2.75) is 19.8 Å². The zero-order valence-corrected chi connectivity index (χ0v) is 9.27. The van der Waals surface area contributed by atoms with Gasteiger partial charge in [-0.25, -0.2) is 0 Å². The summed E-state index contributed by atoms with van der Waals surface area (Å²) < 4.78 is 4.89. The maximum atomic E-state index is 11.8. The minimum atomic E-state index is 0.0954. The highest BCUT2D eigenvalue weighted by atomic mass is 16.3. The molecule has 0 atom stereocenters. The average molecular weight is 214 g/mol. The predicted molar refractivity (Wildman–Crippen MR) is 62.6 cm³/mol. The third kappa shape index (κ3) is 2.40. The predicted octanol–water partition coefficient (Wildman–Crippen LogP) is 3.27. The number of hydrogen-bond donors (Lipinski definition) is 0. The molecule has 0 spiro atoms. The first kappa shape index (κ1) is 10.7. The summed E-state index contributed by atoms with van der Waals surface area (Å²) in [4.78, 5) is 11.8. The van der Waals surface area contributed by atoms with Gasteiger partial charge in [0, 0.05) is 6.42 Å². The van der Waals surface area contributed by atoms with Gasteiger partial charge in [-0.15, -0.1) is 0 Å². The SMILES string of the molecule is CCc1ccc(CC(=O)c2ccoc2)cc1. The molecule has 0 saturated heterocycles. The summed E-state index contributed by atoms with van der Waals surface area (Å²) in [5.74, 6) is 0.0954. The van der Waals surface area contributed by atoms with E-state index in [1.165, 1.54) is 18.1 Å². The number of carbonyl (C=O) groups is 1. The molecule has 0 aliphatic rings. The summed E-state index contributed by atoms with van der Waals surface area (Å²) in [5, 5.41) is 0. The van der Waals surface area contributed by atoms with Crippen LogP contribution in [-0.2, 0) is 12.8 Å². The Bertz CT molecular complexity index is 452. The molecule has 2 rings (SSSR count). The van der Waals surface area contributed by atoms with Gasteiger partial charge >= 0.3 is 0 Å². The first-order valence-electron chi connectivity index (χ1n) is 5.43. The number of ketones is 1. The van der Waals surface area contributed by atoms with Crippen LogP contribution in [0.2, 0.25) is 0 Å². The highest BCUT2D eigenvalue weighted by Gasteiger charge is 2.07. The molecule has 16 heavy (non-hydrogen) atoms. The number of Topliss-reactive ketones (excluding diaryl/α,β-unsaturated/α-hetero) is 1. The quantitative estimate of drug-likeness (QED) is 0.731. The van der Waals surface area contributed by atoms with Gasteiger partial charge in [0.15, 0.2) is 5.78 Å². The lowest BCUT2D eigenvalue weighted by Crippen LogP contribution is -2.01. The van der Waals surface area contributed by atoms with Crippen molar-refractivity contribution in [2.24, 2.45) is 0 Å². The molecule has 2 heteroatoms. The molecule has 0 fully saturated rings. The Labute approximate surface area is 94.9 Å². The Balaban J connectivity index is 2.06. The van der Waals surface area contributed by atoms with E-state index in [2.05, 4.69) is 19.1 Å². The molecule has 82 valence electrons. The van der Waals surface area contributed by atoms with E-state index in [1.807, 2.05) is 12.1 Å². The van der Waals surface area contributed by atoms with Gasteiger partial charge in [0.1, 0.15) is 6.26 Å². The molecule has 0 aliphatic carbocycles. The van der Waals surface area contributed by atoms with Crippen LogP contribution in [0.4, 0.5) is 0 Å². The van der Waals surface area contributed by atoms with Crippen LogP contribution in [0.3, 0.4) is 0 Å². The van der Waals surface area contributed by atoms with Crippen molar-refractivity contribution in [1.82, 2.24) is 0 Å². The van der Waals surface area contributed by atoms with Gasteiger partial charge in [-0.05, 0) is 23.6 Å². The fourth-order valence-electron chi connectivity index (χ4n) is 1.60. The van der Waals surface area contributed by atoms with Crippen molar-refractivity contribution in [1.29, 1.82) is 0 Å². The molecule has 0 bridgehead atoms. The minimum Gasteiger partial charge on any atom is -0.472 e. The smallest absolute Gasteiger partial charge is 0.170 e. The largest absolute Gasteiger partial charge is 0.472 e. The number of furan rings is 1. The van der Waals surface area contributed by atoms with Crippen molar-refractivity contribution in [2.75, 3.05) is 0 Å². The lowest BCUT2D eigenvalue weighted by atomic mass is 10.0. The van der Waals surface area contributed by atoms with E-state index < -0.39 is 0 Å². The molecule has 1 aromatic heterocycles. The number of aryl methyl sites for hydroxylation is 1. The van der Waals surface area contributed by atoms with Crippen LogP contribution < -0.4 is 0 Å². The molecule has 0 aliphatic heterocycles. The lowest BCUT2D eigenvalue weighted by molar-refractivity contribution is 0.0992. The van der Waals surface area contributed by atoms with Crippen molar-refractivity contribution < 1.29 is 9.21 Å². The highest BCUT2D eigenvalue weighted by molar-refractivity contribution is 5.97. The molecule has 0 radical (unpaired) electrons. The molecular weight excluding hydrogens is 200 g/mol. The second-order valence-electron chi connectivity index (χ2n) is 3.78. The highest BCUT2D eigenvalue weighted by Crippen LogP contribution is 2.10. The molecule has 1 heterocycles. The second kappa shape index (κ2) is 4.79. The van der Waals surface area contributed by atoms with Crippen molar-refractivity contribution in [3.05, 3.63) is 59.5 Å². The molecule has 0 unspecified atom stereocenters. The van der Waals surface area contributed by atoms with Gasteiger partial charge in [0.05, 0.1) is 11.8 Å². The van der Waals surface area contributed by atoms with E-state index in [0.29, 0.717) is 12.0 Å². The Hall–Kier alpha value is -1.83. The topological polar surface area (TPSA) is 30.2 Å². The monoisotopic (exact) mass is 214 g/mol. The minimum absolute atomic E-state index is 0.0954. The molecular formula is C14H14O2. The summed E-state index contributed by atoms with van der Waals surface area (Å²) in [6, 6.07) is 9.85. The van der Waals surface area contributed by atoms with E-state index in [0.717, 1.165) is 12.0 Å². The zero-order valence-electron chi connectivity index (χ0n) is 9.27. The van der Waals surface area contributed by atoms with Gasteiger partial charge in [-0.2, -0.15) is 0 Å². The molecule has 0 amide bonds. The van der Waals surface area contributed by atoms with E-state index in [-0.39, 0.29) is 5.78 Å². The van der Waals surface area contributed by atoms with E-state index in [4.69, 9.17) is 4.42 Å². The van der Waals surface area contributed by atoms with Gasteiger partial charge in [0.2, 0.25) is 0 Å². The summed E-state index contributed by atoms with van der Waals surface area (Å²) >= 11 is 0. The molecule has 2 aromatic rings. The molecule has 0 N–H and O–H groups in total. The van der Waals surface area contributed by atoms with E-state index in [9.17, 15) is 4.79 Å². The summed E-state index contributed by atoms with van der Waals surface area (Å²) in [6.07, 6.45) is 4.47. The van der Waals surface area contributed by atoms with E-state index >= 15 is 0 Å². The Morgan fingerprint density at radius 3 is 2.38 bits per heavy atom. The third-order valence-electron chi connectivity index (χ3n) is 2.64. The van der Waals surface area contributed by atoms with Crippen LogP contribution in [0.15, 0.2) is 47.3 Å². The first-order valence-corrected chi connectivity index (χ1v) is 5.43. The molecule has 2 nitrogen and oxygen atoms in total. The van der Waals surface area contributed by atoms with Crippen molar-refractivity contribution >= 4 is 5.78 Å². The van der Waals surface area contributed by atoms with Gasteiger partial charge in [-0.1, -0.05) is 31.2 Å². The summed E-state index contributed by atoms with van der Waals surface area (Å²) in [5.41, 5.74) is 2.97. The maximum Gasteiger partial charge on any atom is 0.170 e. The van der Waals surface area contributed by atoms with Crippen molar-refractivity contribution in [3.8, 4) is 0 Å². The molecule has 0 saturated carbocycles. The van der Waals surface area contributed by atoms with Crippen molar-refractivity contribution in [3.63, 3.8) is 0 Å². The molecule has 1 aromatic carbocycles. The fraction of sp³-hybridized carbons (Fsp3) is 0.214. The zero-order chi connectivity index (χ0) is 11.4. The number of carbonyl (C=O) groups excluding carboxylic acids is 1. The number of benzene rings is 1. The van der Waals surface area contributed by atoms with Crippen LogP contribution in [-0.4, -0.2) is 5.78 Å². The standard InChI is InChI=1S/C14H14O2/c1-2-11-3-5-12(6-4-11)9-14(15)13-7-8-16-10-13/h3-8,10H,2,9H2,1H3. The van der Waals surface area contributed by atoms with Gasteiger partial charge in [-0.3, -0.25) is 4.79 Å². The maximum absolute atomic E-state index is 11.8. The second-order valence-corrected chi connectivity index (χ2v) is 3.78. The van der Waals surface area contributed by atoms with Crippen LogP contribution in [0.5, 0.6) is 0 Å². The van der Waals surface area contributed by atoms with Crippen LogP contribution in [0.1, 0.15) is 28.4 Å². The Kier molecular flexibility index (Phi) is 3.20. The third-order valence-corrected chi connectivity index (χ3v) is 2.64. The van der Waals surface area contributed by atoms with Crippen LogP contribution in [0.25, 0.3) is 0 Å². The summed E-state index contributed by atoms with van der Waals surface area (Å²) in [7, 11) is 0. The van der Waals surface area contributed by atoms with Crippen LogP contribution >= 0.6 is 0 Å². The first-order chi connectivity index (χ1) is 7.79. The average Bonchev–Trinajstić information content (AvgIpc) is 2.83. The Morgan fingerprint density at radius 1 is 1.12 bits per heavy atom. The number of hydrogen-bond acceptors (Lipinski definition) is 2. The van der Waals surface area contributed by atoms with Crippen LogP contribution in [0, 0.1) is 0 Å². The lowest BCUT2D eigenvalue weighted by Gasteiger charge is -2.01. The van der Waals surface area contributed by atoms with Gasteiger partial charge in [0.25, 0.3) is 0 Å². The summed E-state index contributed by atoms with van der Waals surface area (Å²) in [6.45, 7) is 2.12.